The number of benzene rings is 2. The van der Waals surface area contributed by atoms with Crippen molar-refractivity contribution < 1.29 is 9.53 Å². The maximum Gasteiger partial charge on any atom is 0.128 e. The number of carbonyl (C=O) groups is 1. The fraction of sp³-hybridized carbons (Fsp3) is 0.200. The SMILES string of the molecule is CC=O.COc1ccc2c(c1)C(c1ccc(Cl)cc1)=NCC(=N)N2C(C)=N. The van der Waals surface area contributed by atoms with Crippen molar-refractivity contribution in [1.82, 2.24) is 0 Å². The normalized spacial score (nSPS) is 12.8. The minimum absolute atomic E-state index is 0.200. The van der Waals surface area contributed by atoms with Gasteiger partial charge in [0.1, 0.15) is 23.7 Å². The van der Waals surface area contributed by atoms with Crippen LogP contribution in [-0.4, -0.2) is 37.3 Å². The molecule has 0 bridgehead atoms. The van der Waals surface area contributed by atoms with Crippen LogP contribution in [0.25, 0.3) is 0 Å². The third-order valence-electron chi connectivity index (χ3n) is 3.81. The molecule has 7 heteroatoms. The van der Waals surface area contributed by atoms with Crippen LogP contribution in [0.4, 0.5) is 5.69 Å². The molecule has 0 spiro atoms. The number of benzodiazepines with no additional fused rings is 1. The number of methoxy groups -OCH3 is 1. The van der Waals surface area contributed by atoms with Gasteiger partial charge in [0.2, 0.25) is 0 Å². The Morgan fingerprint density at radius 1 is 1.26 bits per heavy atom. The van der Waals surface area contributed by atoms with Crippen LogP contribution in [0.5, 0.6) is 5.75 Å². The minimum atomic E-state index is 0.200. The van der Waals surface area contributed by atoms with Gasteiger partial charge in [0.05, 0.1) is 25.1 Å². The molecule has 2 aromatic carbocycles. The summed E-state index contributed by atoms with van der Waals surface area (Å²) in [6.45, 7) is 3.31. The molecule has 2 aromatic rings. The maximum atomic E-state index is 8.81. The number of rotatable bonds is 2. The number of aldehydes is 1. The quantitative estimate of drug-likeness (QED) is 0.462. The molecule has 0 saturated carbocycles. The van der Waals surface area contributed by atoms with Gasteiger partial charge in [-0.1, -0.05) is 23.7 Å². The van der Waals surface area contributed by atoms with Gasteiger partial charge >= 0.3 is 0 Å². The fourth-order valence-electron chi connectivity index (χ4n) is 2.72. The molecule has 0 amide bonds. The molecule has 2 N–H and O–H groups in total. The van der Waals surface area contributed by atoms with Crippen LogP contribution in [0.3, 0.4) is 0 Å². The van der Waals surface area contributed by atoms with Gasteiger partial charge in [0.15, 0.2) is 0 Å². The molecular weight excluding hydrogens is 364 g/mol. The molecule has 0 aromatic heterocycles. The number of nitrogens with one attached hydrogen (secondary N) is 2. The first kappa shape index (κ1) is 20.3. The highest BCUT2D eigenvalue weighted by molar-refractivity contribution is 6.31. The highest BCUT2D eigenvalue weighted by atomic mass is 35.5. The van der Waals surface area contributed by atoms with Gasteiger partial charge < -0.3 is 9.53 Å². The molecule has 0 radical (unpaired) electrons. The highest BCUT2D eigenvalue weighted by Gasteiger charge is 2.25. The van der Waals surface area contributed by atoms with Crippen molar-refractivity contribution in [2.24, 2.45) is 4.99 Å². The lowest BCUT2D eigenvalue weighted by molar-refractivity contribution is -0.106. The van der Waals surface area contributed by atoms with Crippen LogP contribution in [0.2, 0.25) is 5.02 Å². The van der Waals surface area contributed by atoms with E-state index in [0.29, 0.717) is 10.8 Å². The summed E-state index contributed by atoms with van der Waals surface area (Å²) in [7, 11) is 1.61. The number of amidine groups is 2. The van der Waals surface area contributed by atoms with E-state index in [1.54, 1.807) is 18.9 Å². The van der Waals surface area contributed by atoms with E-state index in [0.717, 1.165) is 28.8 Å². The second-order valence-electron chi connectivity index (χ2n) is 5.66. The summed E-state index contributed by atoms with van der Waals surface area (Å²) in [6.07, 6.45) is 0.750. The molecule has 1 aliphatic rings. The molecule has 27 heavy (non-hydrogen) atoms. The van der Waals surface area contributed by atoms with E-state index >= 15 is 0 Å². The number of anilines is 1. The lowest BCUT2D eigenvalue weighted by Gasteiger charge is -2.24. The lowest BCUT2D eigenvalue weighted by atomic mass is 9.99. The minimum Gasteiger partial charge on any atom is -0.497 e. The number of halogens is 1. The van der Waals surface area contributed by atoms with Crippen LogP contribution in [0.15, 0.2) is 47.5 Å². The van der Waals surface area contributed by atoms with Gasteiger partial charge in [0.25, 0.3) is 0 Å². The Hall–Kier alpha value is -2.99. The predicted molar refractivity (Wildman–Crippen MR) is 110 cm³/mol. The number of aliphatic imine (C=N–C) groups is 1. The molecular formula is C20H21ClN4O2. The molecule has 0 atom stereocenters. The third-order valence-corrected chi connectivity index (χ3v) is 4.06. The smallest absolute Gasteiger partial charge is 0.128 e. The predicted octanol–water partition coefficient (Wildman–Crippen LogP) is 4.19. The van der Waals surface area contributed by atoms with Crippen LogP contribution >= 0.6 is 11.6 Å². The van der Waals surface area contributed by atoms with Crippen LogP contribution in [-0.2, 0) is 4.79 Å². The van der Waals surface area contributed by atoms with Crippen molar-refractivity contribution in [2.45, 2.75) is 13.8 Å². The Kier molecular flexibility index (Phi) is 6.85. The van der Waals surface area contributed by atoms with E-state index in [1.165, 1.54) is 6.92 Å². The number of hydrogen-bond acceptors (Lipinski definition) is 5. The summed E-state index contributed by atoms with van der Waals surface area (Å²) in [4.78, 5) is 15.0. The topological polar surface area (TPSA) is 89.6 Å². The summed E-state index contributed by atoms with van der Waals surface area (Å²) in [5.41, 5.74) is 3.24. The largest absolute Gasteiger partial charge is 0.497 e. The average molecular weight is 385 g/mol. The molecule has 0 fully saturated rings. The Morgan fingerprint density at radius 3 is 2.44 bits per heavy atom. The van der Waals surface area contributed by atoms with Gasteiger partial charge in [-0.05, 0) is 44.2 Å². The molecule has 0 saturated heterocycles. The first-order chi connectivity index (χ1) is 12.9. The zero-order chi connectivity index (χ0) is 20.0. The van der Waals surface area contributed by atoms with Crippen molar-refractivity contribution in [2.75, 3.05) is 18.6 Å². The second kappa shape index (κ2) is 9.09. The van der Waals surface area contributed by atoms with E-state index in [4.69, 9.17) is 32.0 Å². The van der Waals surface area contributed by atoms with Crippen molar-refractivity contribution in [1.29, 1.82) is 10.8 Å². The van der Waals surface area contributed by atoms with Gasteiger partial charge in [-0.3, -0.25) is 20.7 Å². The Balaban J connectivity index is 0.000000817. The molecule has 0 aliphatic carbocycles. The van der Waals surface area contributed by atoms with Gasteiger partial charge in [0, 0.05) is 16.1 Å². The van der Waals surface area contributed by atoms with Crippen molar-refractivity contribution in [3.63, 3.8) is 0 Å². The Bertz CT molecular complexity index is 891. The summed E-state index contributed by atoms with van der Waals surface area (Å²) in [5.74, 6) is 1.24. The van der Waals surface area contributed by atoms with Gasteiger partial charge in [-0.2, -0.15) is 0 Å². The van der Waals surface area contributed by atoms with Crippen molar-refractivity contribution in [3.8, 4) is 5.75 Å². The zero-order valence-corrected chi connectivity index (χ0v) is 16.2. The van der Waals surface area contributed by atoms with Crippen LogP contribution in [0.1, 0.15) is 25.0 Å². The van der Waals surface area contributed by atoms with E-state index in [2.05, 4.69) is 4.99 Å². The van der Waals surface area contributed by atoms with E-state index in [-0.39, 0.29) is 18.2 Å². The van der Waals surface area contributed by atoms with Gasteiger partial charge in [-0.25, -0.2) is 0 Å². The maximum absolute atomic E-state index is 8.81. The number of ether oxygens (including phenoxy) is 1. The second-order valence-corrected chi connectivity index (χ2v) is 6.09. The Morgan fingerprint density at radius 2 is 1.89 bits per heavy atom. The summed E-state index contributed by atoms with van der Waals surface area (Å²) < 4.78 is 5.34. The molecule has 140 valence electrons. The summed E-state index contributed by atoms with van der Waals surface area (Å²) >= 11 is 5.99. The monoisotopic (exact) mass is 384 g/mol. The van der Waals surface area contributed by atoms with Crippen molar-refractivity contribution >= 4 is 41.0 Å². The van der Waals surface area contributed by atoms with E-state index < -0.39 is 0 Å². The molecule has 1 heterocycles. The lowest BCUT2D eigenvalue weighted by Crippen LogP contribution is -2.35. The molecule has 3 rings (SSSR count). The molecule has 0 unspecified atom stereocenters. The molecule has 6 nitrogen and oxygen atoms in total. The van der Waals surface area contributed by atoms with Gasteiger partial charge in [-0.15, -0.1) is 0 Å². The highest BCUT2D eigenvalue weighted by Crippen LogP contribution is 2.31. The number of hydrogen-bond donors (Lipinski definition) is 2. The standard InChI is InChI=1S/C18H17ClN4O.C2H4O/c1-11(20)23-16-8-7-14(24-2)9-15(16)18(22-10-17(23)21)12-3-5-13(19)6-4-12;1-2-3/h3-9,20-21H,10H2,1-2H3;2H,1H3. The third kappa shape index (κ3) is 4.60. The van der Waals surface area contributed by atoms with Crippen molar-refractivity contribution in [3.05, 3.63) is 58.6 Å². The Labute approximate surface area is 163 Å². The fourth-order valence-corrected chi connectivity index (χ4v) is 2.85. The van der Waals surface area contributed by atoms with E-state index in [9.17, 15) is 0 Å². The first-order valence-electron chi connectivity index (χ1n) is 8.24. The summed E-state index contributed by atoms with van der Waals surface area (Å²) in [6, 6.07) is 13.0. The zero-order valence-electron chi connectivity index (χ0n) is 15.4. The number of carbonyl (C=O) groups excluding carboxylic acids is 1. The number of fused-ring (bicyclic) bond motifs is 1. The first-order valence-corrected chi connectivity index (χ1v) is 8.62. The van der Waals surface area contributed by atoms with Crippen LogP contribution < -0.4 is 9.64 Å². The number of nitrogens with zero attached hydrogens (tertiary/aromatic N) is 2. The van der Waals surface area contributed by atoms with Crippen LogP contribution in [0, 0.1) is 10.8 Å². The van der Waals surface area contributed by atoms with E-state index in [1.807, 2.05) is 42.5 Å². The summed E-state index contributed by atoms with van der Waals surface area (Å²) in [5, 5.41) is 16.9. The molecule has 1 aliphatic heterocycles. The average Bonchev–Trinajstić information content (AvgIpc) is 2.78.